The molecule has 1 saturated heterocycles. The molecule has 7 heteroatoms. The van der Waals surface area contributed by atoms with Crippen LogP contribution in [0.15, 0.2) is 23.1 Å². The van der Waals surface area contributed by atoms with Gasteiger partial charge < -0.3 is 14.2 Å². The number of sulfonamides is 1. The van der Waals surface area contributed by atoms with Crippen LogP contribution in [0, 0.1) is 6.92 Å². The number of benzene rings is 1. The summed E-state index contributed by atoms with van der Waals surface area (Å²) in [6.07, 6.45) is 0.184. The van der Waals surface area contributed by atoms with Gasteiger partial charge in [0.15, 0.2) is 6.29 Å². The van der Waals surface area contributed by atoms with E-state index in [2.05, 4.69) is 4.72 Å². The monoisotopic (exact) mass is 301 g/mol. The van der Waals surface area contributed by atoms with E-state index in [-0.39, 0.29) is 17.7 Å². The fraction of sp³-hybridized carbons (Fsp3) is 0.538. The van der Waals surface area contributed by atoms with Gasteiger partial charge in [0, 0.05) is 13.0 Å². The van der Waals surface area contributed by atoms with E-state index in [4.69, 9.17) is 14.2 Å². The Bertz CT molecular complexity index is 552. The van der Waals surface area contributed by atoms with E-state index >= 15 is 0 Å². The molecule has 20 heavy (non-hydrogen) atoms. The molecule has 1 heterocycles. The summed E-state index contributed by atoms with van der Waals surface area (Å²) in [6, 6.07) is 4.86. The molecule has 0 atom stereocenters. The van der Waals surface area contributed by atoms with Crippen molar-refractivity contribution in [3.8, 4) is 5.75 Å². The van der Waals surface area contributed by atoms with Gasteiger partial charge in [-0.1, -0.05) is 0 Å². The molecule has 1 fully saturated rings. The topological polar surface area (TPSA) is 73.9 Å². The molecule has 1 aliphatic rings. The summed E-state index contributed by atoms with van der Waals surface area (Å²) >= 11 is 0. The Labute approximate surface area is 119 Å². The SMILES string of the molecule is COc1ccc(S(=O)(=O)NCCC2OCCO2)c(C)c1. The van der Waals surface area contributed by atoms with Gasteiger partial charge in [-0.2, -0.15) is 0 Å². The molecule has 2 rings (SSSR count). The molecule has 0 saturated carbocycles. The number of aryl methyl sites for hydroxylation is 1. The lowest BCUT2D eigenvalue weighted by molar-refractivity contribution is -0.0451. The second-order valence-electron chi connectivity index (χ2n) is 4.49. The van der Waals surface area contributed by atoms with Crippen LogP contribution in [0.4, 0.5) is 0 Å². The summed E-state index contributed by atoms with van der Waals surface area (Å²) in [5, 5.41) is 0. The zero-order valence-corrected chi connectivity index (χ0v) is 12.4. The first kappa shape index (κ1) is 15.2. The van der Waals surface area contributed by atoms with E-state index in [0.717, 1.165) is 0 Å². The minimum atomic E-state index is -3.52. The fourth-order valence-electron chi connectivity index (χ4n) is 2.01. The van der Waals surface area contributed by atoms with Crippen LogP contribution in [0.25, 0.3) is 0 Å². The van der Waals surface area contributed by atoms with Crippen LogP contribution in [-0.2, 0) is 19.5 Å². The second kappa shape index (κ2) is 6.53. The Morgan fingerprint density at radius 2 is 2.05 bits per heavy atom. The Kier molecular flexibility index (Phi) is 4.98. The standard InChI is InChI=1S/C13H19NO5S/c1-10-9-11(17-2)3-4-12(10)20(15,16)14-6-5-13-18-7-8-19-13/h3-4,9,13-14H,5-8H2,1-2H3. The molecular formula is C13H19NO5S. The molecule has 0 amide bonds. The average molecular weight is 301 g/mol. The molecule has 1 aromatic carbocycles. The van der Waals surface area contributed by atoms with E-state index in [0.29, 0.717) is 30.9 Å². The first-order chi connectivity index (χ1) is 9.53. The molecule has 1 aliphatic heterocycles. The summed E-state index contributed by atoms with van der Waals surface area (Å²) < 4.78 is 42.5. The molecule has 112 valence electrons. The van der Waals surface area contributed by atoms with Crippen molar-refractivity contribution in [3.63, 3.8) is 0 Å². The molecule has 1 N–H and O–H groups in total. The minimum Gasteiger partial charge on any atom is -0.497 e. The minimum absolute atomic E-state index is 0.256. The van der Waals surface area contributed by atoms with Crippen LogP contribution < -0.4 is 9.46 Å². The molecule has 0 unspecified atom stereocenters. The van der Waals surface area contributed by atoms with Gasteiger partial charge in [0.25, 0.3) is 0 Å². The molecule has 0 aromatic heterocycles. The fourth-order valence-corrected chi connectivity index (χ4v) is 3.29. The number of hydrogen-bond acceptors (Lipinski definition) is 5. The Morgan fingerprint density at radius 3 is 2.65 bits per heavy atom. The van der Waals surface area contributed by atoms with E-state index in [1.165, 1.54) is 0 Å². The van der Waals surface area contributed by atoms with Crippen LogP contribution in [0.3, 0.4) is 0 Å². The number of methoxy groups -OCH3 is 1. The molecule has 0 radical (unpaired) electrons. The molecule has 1 aromatic rings. The van der Waals surface area contributed by atoms with Gasteiger partial charge in [0.2, 0.25) is 10.0 Å². The van der Waals surface area contributed by atoms with Gasteiger partial charge in [-0.3, -0.25) is 0 Å². The lowest BCUT2D eigenvalue weighted by atomic mass is 10.2. The van der Waals surface area contributed by atoms with Gasteiger partial charge in [-0.05, 0) is 30.7 Å². The highest BCUT2D eigenvalue weighted by molar-refractivity contribution is 7.89. The van der Waals surface area contributed by atoms with Crippen LogP contribution in [0.5, 0.6) is 5.75 Å². The predicted molar refractivity (Wildman–Crippen MR) is 73.2 cm³/mol. The molecule has 6 nitrogen and oxygen atoms in total. The molecule has 0 spiro atoms. The van der Waals surface area contributed by atoms with Crippen LogP contribution in [0.1, 0.15) is 12.0 Å². The molecule has 0 aliphatic carbocycles. The smallest absolute Gasteiger partial charge is 0.240 e. The van der Waals surface area contributed by atoms with Gasteiger partial charge in [0.05, 0.1) is 25.2 Å². The summed E-state index contributed by atoms with van der Waals surface area (Å²) in [4.78, 5) is 0.256. The summed E-state index contributed by atoms with van der Waals surface area (Å²) in [7, 11) is -1.98. The van der Waals surface area contributed by atoms with E-state index in [9.17, 15) is 8.42 Å². The highest BCUT2D eigenvalue weighted by atomic mass is 32.2. The average Bonchev–Trinajstić information content (AvgIpc) is 2.91. The second-order valence-corrected chi connectivity index (χ2v) is 6.22. The first-order valence-electron chi connectivity index (χ1n) is 6.40. The lowest BCUT2D eigenvalue weighted by Gasteiger charge is -2.12. The van der Waals surface area contributed by atoms with Crippen molar-refractivity contribution in [1.82, 2.24) is 4.72 Å². The van der Waals surface area contributed by atoms with Crippen LogP contribution in [-0.4, -0.2) is 41.6 Å². The Balaban J connectivity index is 1.98. The number of rotatable bonds is 6. The van der Waals surface area contributed by atoms with E-state index in [1.807, 2.05) is 0 Å². The van der Waals surface area contributed by atoms with Crippen molar-refractivity contribution in [2.45, 2.75) is 24.5 Å². The molecule has 0 bridgehead atoms. The van der Waals surface area contributed by atoms with Gasteiger partial charge in [-0.15, -0.1) is 0 Å². The normalized spacial score (nSPS) is 16.5. The van der Waals surface area contributed by atoms with Crippen molar-refractivity contribution in [3.05, 3.63) is 23.8 Å². The third-order valence-corrected chi connectivity index (χ3v) is 4.66. The Morgan fingerprint density at radius 1 is 1.35 bits per heavy atom. The molecular weight excluding hydrogens is 282 g/mol. The van der Waals surface area contributed by atoms with Crippen molar-refractivity contribution >= 4 is 10.0 Å². The zero-order chi connectivity index (χ0) is 14.6. The third-order valence-electron chi connectivity index (χ3n) is 3.03. The van der Waals surface area contributed by atoms with Crippen LogP contribution in [0.2, 0.25) is 0 Å². The number of nitrogens with one attached hydrogen (secondary N) is 1. The number of ether oxygens (including phenoxy) is 3. The van der Waals surface area contributed by atoms with E-state index in [1.54, 1.807) is 32.2 Å². The maximum Gasteiger partial charge on any atom is 0.240 e. The first-order valence-corrected chi connectivity index (χ1v) is 7.89. The predicted octanol–water partition coefficient (Wildman–Crippen LogP) is 1.04. The van der Waals surface area contributed by atoms with Crippen molar-refractivity contribution in [2.24, 2.45) is 0 Å². The van der Waals surface area contributed by atoms with Crippen molar-refractivity contribution < 1.29 is 22.6 Å². The van der Waals surface area contributed by atoms with Crippen LogP contribution >= 0.6 is 0 Å². The van der Waals surface area contributed by atoms with E-state index < -0.39 is 10.0 Å². The van der Waals surface area contributed by atoms with Gasteiger partial charge >= 0.3 is 0 Å². The third kappa shape index (κ3) is 3.69. The summed E-state index contributed by atoms with van der Waals surface area (Å²) in [5.41, 5.74) is 0.644. The van der Waals surface area contributed by atoms with Gasteiger partial charge in [-0.25, -0.2) is 13.1 Å². The summed E-state index contributed by atoms with van der Waals surface area (Å²) in [5.74, 6) is 0.634. The largest absolute Gasteiger partial charge is 0.497 e. The van der Waals surface area contributed by atoms with Crippen molar-refractivity contribution in [1.29, 1.82) is 0 Å². The van der Waals surface area contributed by atoms with Gasteiger partial charge in [0.1, 0.15) is 5.75 Å². The highest BCUT2D eigenvalue weighted by Crippen LogP contribution is 2.20. The maximum atomic E-state index is 12.2. The maximum absolute atomic E-state index is 12.2. The Hall–Kier alpha value is -1.15. The lowest BCUT2D eigenvalue weighted by Crippen LogP contribution is -2.28. The highest BCUT2D eigenvalue weighted by Gasteiger charge is 2.19. The quantitative estimate of drug-likeness (QED) is 0.850. The van der Waals surface area contributed by atoms with Crippen molar-refractivity contribution in [2.75, 3.05) is 26.9 Å². The zero-order valence-electron chi connectivity index (χ0n) is 11.6. The number of hydrogen-bond donors (Lipinski definition) is 1. The summed E-state index contributed by atoms with van der Waals surface area (Å²) in [6.45, 7) is 3.14.